The second kappa shape index (κ2) is 5.84. The van der Waals surface area contributed by atoms with Crippen LogP contribution in [0, 0.1) is 13.8 Å². The predicted molar refractivity (Wildman–Crippen MR) is 102 cm³/mol. The van der Waals surface area contributed by atoms with Gasteiger partial charge in [-0.1, -0.05) is 62.3 Å². The van der Waals surface area contributed by atoms with Crippen LogP contribution in [-0.4, -0.2) is 13.0 Å². The van der Waals surface area contributed by atoms with Gasteiger partial charge in [-0.25, -0.2) is 0 Å². The van der Waals surface area contributed by atoms with Gasteiger partial charge < -0.3 is 0 Å². The zero-order valence-corrected chi connectivity index (χ0v) is 18.0. The molecule has 0 bridgehead atoms. The van der Waals surface area contributed by atoms with Crippen molar-refractivity contribution in [3.8, 4) is 0 Å². The van der Waals surface area contributed by atoms with Crippen molar-refractivity contribution in [2.75, 3.05) is 0 Å². The Morgan fingerprint density at radius 3 is 1.04 bits per heavy atom. The average Bonchev–Trinajstić information content (AvgIpc) is 2.20. The molecule has 1 N–H and O–H groups in total. The van der Waals surface area contributed by atoms with Gasteiger partial charge in [0, 0.05) is 0 Å². The van der Waals surface area contributed by atoms with Crippen molar-refractivity contribution in [3.05, 3.63) is 27.8 Å². The van der Waals surface area contributed by atoms with Crippen molar-refractivity contribution in [2.24, 2.45) is 0 Å². The third kappa shape index (κ3) is 3.85. The van der Waals surface area contributed by atoms with Gasteiger partial charge in [-0.2, -0.15) is 8.42 Å². The first-order valence-corrected chi connectivity index (χ1v) is 9.91. The molecule has 0 aliphatic carbocycles. The lowest BCUT2D eigenvalue weighted by Crippen LogP contribution is -2.30. The monoisotopic (exact) mass is 354 g/mol. The van der Waals surface area contributed by atoms with Crippen molar-refractivity contribution in [3.63, 3.8) is 0 Å². The van der Waals surface area contributed by atoms with E-state index in [0.29, 0.717) is 0 Å². The van der Waals surface area contributed by atoms with Crippen LogP contribution in [0.1, 0.15) is 90.1 Å². The molecule has 0 atom stereocenters. The number of benzene rings is 1. The summed E-state index contributed by atoms with van der Waals surface area (Å²) in [5.41, 5.74) is 3.64. The van der Waals surface area contributed by atoms with Crippen LogP contribution in [0.3, 0.4) is 0 Å². The molecule has 0 aliphatic heterocycles. The van der Waals surface area contributed by atoms with E-state index >= 15 is 0 Å². The number of hydrogen-bond acceptors (Lipinski definition) is 2. The molecule has 1 aromatic rings. The minimum Gasteiger partial charge on any atom is -0.282 e. The third-order valence-electron chi connectivity index (χ3n) is 4.46. The molecular weight excluding hydrogens is 320 g/mol. The molecule has 0 saturated heterocycles. The van der Waals surface area contributed by atoms with E-state index in [9.17, 15) is 13.0 Å². The minimum atomic E-state index is -4.34. The summed E-state index contributed by atoms with van der Waals surface area (Å²) in [5.74, 6) is 0. The SMILES string of the molecule is Cc1c(C(C)(C)C)c(C)c(C(C)(C)C)c(S(=O)(=O)O)c1C(C)(C)C. The highest BCUT2D eigenvalue weighted by atomic mass is 32.2. The summed E-state index contributed by atoms with van der Waals surface area (Å²) >= 11 is 0. The summed E-state index contributed by atoms with van der Waals surface area (Å²) in [7, 11) is -4.34. The summed E-state index contributed by atoms with van der Waals surface area (Å²) in [6, 6.07) is 0. The molecule has 138 valence electrons. The standard InChI is InChI=1S/C20H34O3S/c1-12-14(18(3,4)5)13(2)16(20(9,10)11)17(24(21,22)23)15(12)19(6,7)8/h1-11H3,(H,21,22,23). The number of rotatable bonds is 1. The molecule has 0 fully saturated rings. The summed E-state index contributed by atoms with van der Waals surface area (Å²) in [6.07, 6.45) is 0. The first kappa shape index (κ1) is 21.2. The fourth-order valence-corrected chi connectivity index (χ4v) is 5.62. The van der Waals surface area contributed by atoms with E-state index in [1.54, 1.807) is 0 Å². The third-order valence-corrected chi connectivity index (χ3v) is 5.39. The molecule has 0 unspecified atom stereocenters. The van der Waals surface area contributed by atoms with Gasteiger partial charge in [0.1, 0.15) is 4.90 Å². The molecule has 24 heavy (non-hydrogen) atoms. The Morgan fingerprint density at radius 2 is 0.875 bits per heavy atom. The second-order valence-corrected chi connectivity index (χ2v) is 11.3. The van der Waals surface area contributed by atoms with Gasteiger partial charge in [0.25, 0.3) is 10.1 Å². The van der Waals surface area contributed by atoms with E-state index in [1.165, 1.54) is 5.56 Å². The molecule has 0 radical (unpaired) electrons. The Hall–Kier alpha value is -0.870. The maximum absolute atomic E-state index is 12.4. The van der Waals surface area contributed by atoms with Crippen molar-refractivity contribution in [1.82, 2.24) is 0 Å². The van der Waals surface area contributed by atoms with Gasteiger partial charge in [-0.3, -0.25) is 4.55 Å². The predicted octanol–water partition coefficient (Wildman–Crippen LogP) is 5.44. The highest BCUT2D eigenvalue weighted by Crippen LogP contribution is 2.45. The van der Waals surface area contributed by atoms with Gasteiger partial charge in [0.2, 0.25) is 0 Å². The molecule has 3 nitrogen and oxygen atoms in total. The largest absolute Gasteiger partial charge is 0.295 e. The molecule has 0 saturated carbocycles. The first-order valence-electron chi connectivity index (χ1n) is 8.47. The van der Waals surface area contributed by atoms with Crippen LogP contribution in [0.15, 0.2) is 4.90 Å². The Morgan fingerprint density at radius 1 is 0.625 bits per heavy atom. The van der Waals surface area contributed by atoms with Crippen LogP contribution >= 0.6 is 0 Å². The van der Waals surface area contributed by atoms with Gasteiger partial charge in [0.05, 0.1) is 0 Å². The Kier molecular flexibility index (Phi) is 5.15. The zero-order valence-electron chi connectivity index (χ0n) is 17.2. The smallest absolute Gasteiger partial charge is 0.282 e. The molecule has 0 spiro atoms. The van der Waals surface area contributed by atoms with E-state index in [-0.39, 0.29) is 10.3 Å². The van der Waals surface area contributed by atoms with E-state index < -0.39 is 20.9 Å². The summed E-state index contributed by atoms with van der Waals surface area (Å²) in [5, 5.41) is 0. The quantitative estimate of drug-likeness (QED) is 0.683. The molecular formula is C20H34O3S. The van der Waals surface area contributed by atoms with Gasteiger partial charge in [-0.15, -0.1) is 0 Å². The second-order valence-electron chi connectivity index (χ2n) is 9.93. The van der Waals surface area contributed by atoms with Crippen LogP contribution in [0.4, 0.5) is 0 Å². The lowest BCUT2D eigenvalue weighted by molar-refractivity contribution is 0.461. The molecule has 0 aliphatic rings. The summed E-state index contributed by atoms with van der Waals surface area (Å²) in [6.45, 7) is 22.4. The summed E-state index contributed by atoms with van der Waals surface area (Å²) in [4.78, 5) is 0.102. The fourth-order valence-electron chi connectivity index (χ4n) is 4.19. The van der Waals surface area contributed by atoms with Crippen molar-refractivity contribution < 1.29 is 13.0 Å². The van der Waals surface area contributed by atoms with Gasteiger partial charge in [0.15, 0.2) is 0 Å². The Bertz CT molecular complexity index is 709. The van der Waals surface area contributed by atoms with Crippen LogP contribution < -0.4 is 0 Å². The topological polar surface area (TPSA) is 54.4 Å². The molecule has 1 aromatic carbocycles. The average molecular weight is 355 g/mol. The van der Waals surface area contributed by atoms with Gasteiger partial charge in [-0.05, 0) is 57.9 Å². The Labute approximate surface area is 148 Å². The summed E-state index contributed by atoms with van der Waals surface area (Å²) < 4.78 is 34.9. The highest BCUT2D eigenvalue weighted by Gasteiger charge is 2.38. The molecule has 4 heteroatoms. The van der Waals surface area contributed by atoms with Crippen molar-refractivity contribution in [2.45, 2.75) is 97.3 Å². The zero-order chi connectivity index (χ0) is 19.5. The molecule has 0 aromatic heterocycles. The lowest BCUT2D eigenvalue weighted by Gasteiger charge is -2.37. The van der Waals surface area contributed by atoms with Crippen LogP contribution in [-0.2, 0) is 26.4 Å². The van der Waals surface area contributed by atoms with E-state index in [2.05, 4.69) is 20.8 Å². The van der Waals surface area contributed by atoms with E-state index in [1.807, 2.05) is 55.4 Å². The van der Waals surface area contributed by atoms with E-state index in [0.717, 1.165) is 22.3 Å². The van der Waals surface area contributed by atoms with Gasteiger partial charge >= 0.3 is 0 Å². The fraction of sp³-hybridized carbons (Fsp3) is 0.700. The van der Waals surface area contributed by atoms with Crippen LogP contribution in [0.25, 0.3) is 0 Å². The van der Waals surface area contributed by atoms with Crippen LogP contribution in [0.2, 0.25) is 0 Å². The van der Waals surface area contributed by atoms with E-state index in [4.69, 9.17) is 0 Å². The normalized spacial score (nSPS) is 14.2. The first-order chi connectivity index (χ1) is 10.3. The maximum Gasteiger partial charge on any atom is 0.295 e. The molecule has 0 amide bonds. The minimum absolute atomic E-state index is 0.102. The number of hydrogen-bond donors (Lipinski definition) is 1. The highest BCUT2D eigenvalue weighted by molar-refractivity contribution is 7.86. The molecule has 1 rings (SSSR count). The van der Waals surface area contributed by atoms with Crippen molar-refractivity contribution in [1.29, 1.82) is 0 Å². The Balaban J connectivity index is 4.40. The lowest BCUT2D eigenvalue weighted by atomic mass is 9.70. The molecule has 0 heterocycles. The van der Waals surface area contributed by atoms with Crippen molar-refractivity contribution >= 4 is 10.1 Å². The van der Waals surface area contributed by atoms with Crippen LogP contribution in [0.5, 0.6) is 0 Å². The maximum atomic E-state index is 12.4.